The molecule has 3 saturated heterocycles. The molecule has 62 heavy (non-hydrogen) atoms. The van der Waals surface area contributed by atoms with E-state index in [-0.39, 0.29) is 59.5 Å². The van der Waals surface area contributed by atoms with Crippen LogP contribution in [0.2, 0.25) is 0 Å². The molecular weight excluding hydrogens is 803 g/mol. The molecular formula is C44H52F2N10O6. The minimum atomic E-state index is -2.83. The number of amides is 4. The Morgan fingerprint density at radius 2 is 1.74 bits per heavy atom. The minimum Gasteiger partial charge on any atom is -0.391 e. The number of benzene rings is 1. The molecule has 18 heteroatoms. The van der Waals surface area contributed by atoms with Crippen molar-refractivity contribution in [3.63, 3.8) is 0 Å². The van der Waals surface area contributed by atoms with Crippen LogP contribution in [0.1, 0.15) is 132 Å². The summed E-state index contributed by atoms with van der Waals surface area (Å²) in [5.74, 6) is -1.37. The molecule has 3 N–H and O–H groups in total. The Hall–Kier alpha value is -5.62. The fourth-order valence-electron chi connectivity index (χ4n) is 10.1. The number of aromatic nitrogens is 5. The molecule has 0 radical (unpaired) electrons. The van der Waals surface area contributed by atoms with Gasteiger partial charge in [-0.15, -0.1) is 0 Å². The Morgan fingerprint density at radius 1 is 0.952 bits per heavy atom. The van der Waals surface area contributed by atoms with Gasteiger partial charge in [0.15, 0.2) is 11.4 Å². The number of fused-ring (bicyclic) bond motifs is 2. The summed E-state index contributed by atoms with van der Waals surface area (Å²) in [5.41, 5.74) is 1.70. The van der Waals surface area contributed by atoms with E-state index in [2.05, 4.69) is 35.6 Å². The Balaban J connectivity index is 0.748. The van der Waals surface area contributed by atoms with Crippen LogP contribution in [-0.2, 0) is 16.0 Å². The van der Waals surface area contributed by atoms with Crippen LogP contribution in [0.3, 0.4) is 0 Å². The zero-order valence-corrected chi connectivity index (χ0v) is 34.6. The molecule has 16 nitrogen and oxygen atoms in total. The van der Waals surface area contributed by atoms with Crippen molar-refractivity contribution in [2.45, 2.75) is 114 Å². The minimum absolute atomic E-state index is 0.0583. The molecule has 1 aliphatic carbocycles. The van der Waals surface area contributed by atoms with Crippen molar-refractivity contribution in [2.75, 3.05) is 42.9 Å². The highest BCUT2D eigenvalue weighted by Crippen LogP contribution is 2.37. The highest BCUT2D eigenvalue weighted by molar-refractivity contribution is 6.25. The van der Waals surface area contributed by atoms with E-state index in [9.17, 15) is 37.9 Å². The zero-order valence-electron chi connectivity index (χ0n) is 34.6. The summed E-state index contributed by atoms with van der Waals surface area (Å²) in [4.78, 5) is 75.0. The molecule has 9 rings (SSSR count). The summed E-state index contributed by atoms with van der Waals surface area (Å²) >= 11 is 0. The SMILES string of the molecule is O=C1CCC(N2C(=O)c3cccc(N4CCC(CCCN5CCC(n6cc(CC(=O)c7cnn8ccc(N[C@@H]9CCCC[C@@H]9O)nc78)c(C(F)F)n6)CC5)CC4)c3C2=O)C(=O)N1. The molecule has 0 bridgehead atoms. The van der Waals surface area contributed by atoms with E-state index in [0.717, 1.165) is 95.4 Å². The molecule has 0 spiro atoms. The maximum atomic E-state index is 14.3. The number of nitrogens with zero attached hydrogens (tertiary/aromatic N) is 8. The van der Waals surface area contributed by atoms with Gasteiger partial charge >= 0.3 is 0 Å². The third-order valence-electron chi connectivity index (χ3n) is 13.5. The molecule has 1 aromatic carbocycles. The third kappa shape index (κ3) is 8.33. The van der Waals surface area contributed by atoms with E-state index < -0.39 is 42.2 Å². The molecule has 4 aliphatic heterocycles. The Morgan fingerprint density at radius 3 is 2.50 bits per heavy atom. The molecule has 5 aliphatic rings. The number of likely N-dealkylation sites (tertiary alicyclic amines) is 1. The summed E-state index contributed by atoms with van der Waals surface area (Å²) in [6, 6.07) is 5.80. The van der Waals surface area contributed by atoms with Gasteiger partial charge in [-0.25, -0.2) is 18.3 Å². The average molecular weight is 855 g/mol. The fraction of sp³-hybridized carbons (Fsp3) is 0.545. The van der Waals surface area contributed by atoms with Crippen LogP contribution in [0.5, 0.6) is 0 Å². The number of imide groups is 2. The van der Waals surface area contributed by atoms with Gasteiger partial charge in [-0.1, -0.05) is 18.9 Å². The van der Waals surface area contributed by atoms with Gasteiger partial charge in [0.2, 0.25) is 11.8 Å². The number of halogens is 2. The first kappa shape index (κ1) is 41.7. The Labute approximate surface area is 357 Å². The van der Waals surface area contributed by atoms with Gasteiger partial charge in [-0.05, 0) is 88.4 Å². The van der Waals surface area contributed by atoms with Gasteiger partial charge in [0.25, 0.3) is 18.2 Å². The number of ketones is 1. The number of carbonyl (C=O) groups excluding carboxylic acids is 5. The quantitative estimate of drug-likeness (QED) is 0.124. The van der Waals surface area contributed by atoms with Crippen molar-refractivity contribution in [1.29, 1.82) is 0 Å². The van der Waals surface area contributed by atoms with Gasteiger partial charge in [0, 0.05) is 57.0 Å². The maximum Gasteiger partial charge on any atom is 0.282 e. The summed E-state index contributed by atoms with van der Waals surface area (Å²) in [5, 5.41) is 24.5. The van der Waals surface area contributed by atoms with E-state index in [1.807, 2.05) is 6.07 Å². The summed E-state index contributed by atoms with van der Waals surface area (Å²) in [6.45, 7) is 4.03. The number of hydrogen-bond acceptors (Lipinski definition) is 12. The number of aliphatic hydroxyl groups is 1. The van der Waals surface area contributed by atoms with Gasteiger partial charge < -0.3 is 20.2 Å². The van der Waals surface area contributed by atoms with Crippen LogP contribution in [0, 0.1) is 5.92 Å². The standard InChI is InChI=1S/C44H52F2N10O6/c45-40(46)39-27(23-35(58)30-24-47-54-22-16-36(49-41(30)54)48-31-7-1-2-9-34(31)57)25-55(51-39)28-14-18-52(19-15-28)17-4-5-26-12-20-53(21-13-26)32-8-3-6-29-38(32)44(62)56(43(29)61)33-10-11-37(59)50-42(33)60/h3,6,8,16,22,24-26,28,31,33-34,40,57H,1-2,4-5,7,9-15,17-21,23H2,(H,48,49)(H,50,59,60)/t31-,33?,34+/m1/s1. The van der Waals surface area contributed by atoms with Crippen LogP contribution < -0.4 is 15.5 Å². The van der Waals surface area contributed by atoms with E-state index in [1.54, 1.807) is 35.3 Å². The predicted octanol–water partition coefficient (Wildman–Crippen LogP) is 4.74. The lowest BCUT2D eigenvalue weighted by Gasteiger charge is -2.35. The largest absolute Gasteiger partial charge is 0.391 e. The second-order valence-corrected chi connectivity index (χ2v) is 17.5. The molecule has 4 amide bonds. The second kappa shape index (κ2) is 17.6. The number of piperidine rings is 3. The number of hydrogen-bond donors (Lipinski definition) is 3. The smallest absolute Gasteiger partial charge is 0.282 e. The van der Waals surface area contributed by atoms with E-state index >= 15 is 0 Å². The molecule has 1 saturated carbocycles. The first-order chi connectivity index (χ1) is 30.0. The summed E-state index contributed by atoms with van der Waals surface area (Å²) < 4.78 is 31.7. The van der Waals surface area contributed by atoms with Gasteiger partial charge in [-0.3, -0.25) is 38.9 Å². The lowest BCUT2D eigenvalue weighted by molar-refractivity contribution is -0.136. The molecule has 1 unspecified atom stereocenters. The number of Topliss-reactive ketones (excluding diaryl/α,β-unsaturated/α-hetero) is 1. The molecule has 3 atom stereocenters. The number of rotatable bonds is 13. The topological polar surface area (TPSA) is 187 Å². The summed E-state index contributed by atoms with van der Waals surface area (Å²) in [6.07, 6.45) is 10.3. The number of alkyl halides is 2. The van der Waals surface area contributed by atoms with Crippen molar-refractivity contribution in [2.24, 2.45) is 5.92 Å². The summed E-state index contributed by atoms with van der Waals surface area (Å²) in [7, 11) is 0. The fourth-order valence-corrected chi connectivity index (χ4v) is 10.1. The van der Waals surface area contributed by atoms with Crippen molar-refractivity contribution < 1.29 is 37.9 Å². The highest BCUT2D eigenvalue weighted by Gasteiger charge is 2.46. The van der Waals surface area contributed by atoms with Gasteiger partial charge in [0.05, 0.1) is 46.8 Å². The monoisotopic (exact) mass is 854 g/mol. The van der Waals surface area contributed by atoms with Crippen molar-refractivity contribution in [3.05, 3.63) is 70.8 Å². The molecule has 4 fully saturated rings. The maximum absolute atomic E-state index is 14.3. The lowest BCUT2D eigenvalue weighted by Crippen LogP contribution is -2.54. The third-order valence-corrected chi connectivity index (χ3v) is 13.5. The molecule has 4 aromatic rings. The van der Waals surface area contributed by atoms with E-state index in [0.29, 0.717) is 35.1 Å². The zero-order chi connectivity index (χ0) is 43.1. The molecule has 7 heterocycles. The van der Waals surface area contributed by atoms with Crippen molar-refractivity contribution in [1.82, 2.24) is 39.5 Å². The van der Waals surface area contributed by atoms with Crippen LogP contribution in [-0.4, -0.2) is 120 Å². The second-order valence-electron chi connectivity index (χ2n) is 17.5. The van der Waals surface area contributed by atoms with Crippen LogP contribution in [0.15, 0.2) is 42.9 Å². The number of nitrogens with one attached hydrogen (secondary N) is 2. The highest BCUT2D eigenvalue weighted by atomic mass is 19.3. The molecule has 328 valence electrons. The van der Waals surface area contributed by atoms with Crippen molar-refractivity contribution >= 4 is 46.6 Å². The Bertz CT molecular complexity index is 2370. The lowest BCUT2D eigenvalue weighted by atomic mass is 9.91. The van der Waals surface area contributed by atoms with E-state index in [4.69, 9.17) is 0 Å². The van der Waals surface area contributed by atoms with E-state index in [1.165, 1.54) is 10.7 Å². The Kier molecular flexibility index (Phi) is 11.9. The first-order valence-electron chi connectivity index (χ1n) is 22.0. The first-order valence-corrected chi connectivity index (χ1v) is 22.0. The van der Waals surface area contributed by atoms with Crippen molar-refractivity contribution in [3.8, 4) is 0 Å². The number of aliphatic hydroxyl groups excluding tert-OH is 1. The number of carbonyl (C=O) groups is 5. The predicted molar refractivity (Wildman–Crippen MR) is 222 cm³/mol. The number of anilines is 2. The van der Waals surface area contributed by atoms with Crippen LogP contribution in [0.4, 0.5) is 20.3 Å². The van der Waals surface area contributed by atoms with Crippen LogP contribution >= 0.6 is 0 Å². The van der Waals surface area contributed by atoms with Gasteiger partial charge in [0.1, 0.15) is 17.6 Å². The van der Waals surface area contributed by atoms with Gasteiger partial charge in [-0.2, -0.15) is 10.2 Å². The molecule has 3 aromatic heterocycles. The normalized spacial score (nSPS) is 23.1. The van der Waals surface area contributed by atoms with Crippen LogP contribution in [0.25, 0.3) is 5.65 Å². The average Bonchev–Trinajstić information content (AvgIpc) is 3.96.